The lowest BCUT2D eigenvalue weighted by Crippen LogP contribution is -1.98. The van der Waals surface area contributed by atoms with Gasteiger partial charge < -0.3 is 9.84 Å². The number of hydrogen-bond donors (Lipinski definition) is 1. The van der Waals surface area contributed by atoms with Crippen LogP contribution in [0.25, 0.3) is 5.57 Å². The van der Waals surface area contributed by atoms with E-state index in [1.54, 1.807) is 0 Å². The predicted octanol–water partition coefficient (Wildman–Crippen LogP) is 4.23. The highest BCUT2D eigenvalue weighted by Gasteiger charge is 2.06. The third kappa shape index (κ3) is 4.20. The summed E-state index contributed by atoms with van der Waals surface area (Å²) in [5, 5.41) is 9.61. The van der Waals surface area contributed by atoms with Crippen molar-refractivity contribution in [2.75, 3.05) is 0 Å². The lowest BCUT2D eigenvalue weighted by Gasteiger charge is -2.08. The van der Waals surface area contributed by atoms with E-state index in [1.165, 1.54) is 17.3 Å². The average molecular weight is 305 g/mol. The highest BCUT2D eigenvalue weighted by molar-refractivity contribution is 6.28. The average Bonchev–Trinajstić information content (AvgIpc) is 2.49. The zero-order chi connectivity index (χ0) is 15.2. The fourth-order valence-electron chi connectivity index (χ4n) is 1.89. The first-order valence-electron chi connectivity index (χ1n) is 6.70. The molecule has 110 valence electrons. The summed E-state index contributed by atoms with van der Waals surface area (Å²) in [5.74, 6) is -0.0427. The second kappa shape index (κ2) is 7.09. The smallest absolute Gasteiger partial charge is 0.261 e. The van der Waals surface area contributed by atoms with Crippen LogP contribution in [0, 0.1) is 0 Å². The van der Waals surface area contributed by atoms with Crippen LogP contribution in [0.1, 0.15) is 31.4 Å². The van der Waals surface area contributed by atoms with Crippen LogP contribution in [0.4, 0.5) is 0 Å². The molecule has 5 heteroatoms. The third-order valence-corrected chi connectivity index (χ3v) is 3.18. The highest BCUT2D eigenvalue weighted by atomic mass is 35.5. The van der Waals surface area contributed by atoms with Crippen LogP contribution in [-0.4, -0.2) is 15.1 Å². The van der Waals surface area contributed by atoms with Crippen LogP contribution in [0.15, 0.2) is 36.5 Å². The molecule has 0 spiro atoms. The normalized spacial score (nSPS) is 11.5. The van der Waals surface area contributed by atoms with Crippen LogP contribution in [-0.2, 0) is 6.61 Å². The topological polar surface area (TPSA) is 55.2 Å². The van der Waals surface area contributed by atoms with E-state index in [2.05, 4.69) is 29.9 Å². The van der Waals surface area contributed by atoms with Crippen molar-refractivity contribution in [1.82, 2.24) is 9.97 Å². The molecule has 2 rings (SSSR count). The van der Waals surface area contributed by atoms with Crippen molar-refractivity contribution < 1.29 is 9.84 Å². The minimum absolute atomic E-state index is 0.0403. The molecule has 2 aromatic rings. The van der Waals surface area contributed by atoms with Gasteiger partial charge in [0.1, 0.15) is 6.61 Å². The molecule has 0 bridgehead atoms. The number of ether oxygens (including phenoxy) is 1. The van der Waals surface area contributed by atoms with Gasteiger partial charge in [-0.25, -0.2) is 4.98 Å². The lowest BCUT2D eigenvalue weighted by molar-refractivity contribution is 0.275. The molecule has 21 heavy (non-hydrogen) atoms. The van der Waals surface area contributed by atoms with Crippen LogP contribution in [0.3, 0.4) is 0 Å². The summed E-state index contributed by atoms with van der Waals surface area (Å²) in [4.78, 5) is 7.49. The van der Waals surface area contributed by atoms with Gasteiger partial charge in [0.25, 0.3) is 5.88 Å². The number of halogens is 1. The molecular weight excluding hydrogens is 288 g/mol. The highest BCUT2D eigenvalue weighted by Crippen LogP contribution is 2.24. The molecule has 1 N–H and O–H groups in total. The van der Waals surface area contributed by atoms with Crippen LogP contribution < -0.4 is 4.74 Å². The maximum absolute atomic E-state index is 9.57. The molecule has 0 fully saturated rings. The third-order valence-electron chi connectivity index (χ3n) is 3.00. The van der Waals surface area contributed by atoms with Crippen molar-refractivity contribution in [2.24, 2.45) is 0 Å². The van der Waals surface area contributed by atoms with E-state index in [1.807, 2.05) is 24.3 Å². The zero-order valence-corrected chi connectivity index (χ0v) is 12.8. The number of benzene rings is 1. The quantitative estimate of drug-likeness (QED) is 0.840. The van der Waals surface area contributed by atoms with Gasteiger partial charge in [-0.1, -0.05) is 37.3 Å². The minimum atomic E-state index is -0.127. The molecular formula is C16H17ClN2O2. The van der Waals surface area contributed by atoms with Gasteiger partial charge in [-0.3, -0.25) is 0 Å². The van der Waals surface area contributed by atoms with Gasteiger partial charge in [0.05, 0.1) is 6.20 Å². The fourth-order valence-corrected chi connectivity index (χ4v) is 2.01. The molecule has 0 amide bonds. The Morgan fingerprint density at radius 2 is 2.05 bits per heavy atom. The second-order valence-corrected chi connectivity index (χ2v) is 4.95. The van der Waals surface area contributed by atoms with E-state index in [4.69, 9.17) is 16.3 Å². The van der Waals surface area contributed by atoms with E-state index in [-0.39, 0.29) is 16.9 Å². The Hall–Kier alpha value is -2.07. The number of aromatic nitrogens is 2. The van der Waals surface area contributed by atoms with Gasteiger partial charge >= 0.3 is 0 Å². The second-order valence-electron chi connectivity index (χ2n) is 4.61. The van der Waals surface area contributed by atoms with Gasteiger partial charge in [-0.05, 0) is 41.6 Å². The fraction of sp³-hybridized carbons (Fsp3) is 0.250. The minimum Gasteiger partial charge on any atom is -0.502 e. The summed E-state index contributed by atoms with van der Waals surface area (Å²) in [6, 6.07) is 8.07. The number of hydrogen-bond acceptors (Lipinski definition) is 4. The molecule has 0 saturated carbocycles. The van der Waals surface area contributed by atoms with Gasteiger partial charge in [0.15, 0.2) is 5.75 Å². The first-order chi connectivity index (χ1) is 10.1. The summed E-state index contributed by atoms with van der Waals surface area (Å²) in [5.41, 5.74) is 3.43. The number of aromatic hydroxyl groups is 1. The monoisotopic (exact) mass is 304 g/mol. The zero-order valence-electron chi connectivity index (χ0n) is 12.0. The predicted molar refractivity (Wildman–Crippen MR) is 83.4 cm³/mol. The maximum atomic E-state index is 9.57. The van der Waals surface area contributed by atoms with Crippen LogP contribution >= 0.6 is 11.6 Å². The first kappa shape index (κ1) is 15.3. The van der Waals surface area contributed by atoms with Crippen molar-refractivity contribution >= 4 is 17.2 Å². The van der Waals surface area contributed by atoms with Crippen molar-refractivity contribution in [3.05, 3.63) is 52.9 Å². The lowest BCUT2D eigenvalue weighted by atomic mass is 10.0. The van der Waals surface area contributed by atoms with Gasteiger partial charge in [0.2, 0.25) is 5.28 Å². The number of rotatable bonds is 5. The molecule has 0 saturated heterocycles. The van der Waals surface area contributed by atoms with E-state index in [0.29, 0.717) is 6.61 Å². The maximum Gasteiger partial charge on any atom is 0.261 e. The summed E-state index contributed by atoms with van der Waals surface area (Å²) >= 11 is 5.66. The van der Waals surface area contributed by atoms with Crippen LogP contribution in [0.2, 0.25) is 5.28 Å². The first-order valence-corrected chi connectivity index (χ1v) is 7.08. The Morgan fingerprint density at radius 1 is 1.33 bits per heavy atom. The Morgan fingerprint density at radius 3 is 2.71 bits per heavy atom. The van der Waals surface area contributed by atoms with Crippen LogP contribution in [0.5, 0.6) is 11.6 Å². The Balaban J connectivity index is 2.04. The van der Waals surface area contributed by atoms with Crippen molar-refractivity contribution in [1.29, 1.82) is 0 Å². The molecule has 0 aliphatic carbocycles. The molecule has 0 aliphatic rings. The van der Waals surface area contributed by atoms with Crippen molar-refractivity contribution in [2.45, 2.75) is 26.9 Å². The Bertz CT molecular complexity index is 639. The molecule has 0 aliphatic heterocycles. The van der Waals surface area contributed by atoms with Crippen molar-refractivity contribution in [3.63, 3.8) is 0 Å². The SMILES string of the molecule is CCC=C(C)c1ccc(COc2nc(Cl)ncc2O)cc1. The van der Waals surface area contributed by atoms with E-state index in [0.717, 1.165) is 12.0 Å². The molecule has 1 aromatic heterocycles. The molecule has 1 aromatic carbocycles. The standard InChI is InChI=1S/C16H17ClN2O2/c1-3-4-11(2)13-7-5-12(6-8-13)10-21-15-14(20)9-18-16(17)19-15/h4-9,20H,3,10H2,1-2H3. The summed E-state index contributed by atoms with van der Waals surface area (Å²) < 4.78 is 5.45. The Kier molecular flexibility index (Phi) is 5.17. The largest absolute Gasteiger partial charge is 0.502 e. The number of nitrogens with zero attached hydrogens (tertiary/aromatic N) is 2. The summed E-state index contributed by atoms with van der Waals surface area (Å²) in [7, 11) is 0. The molecule has 1 heterocycles. The van der Waals surface area contributed by atoms with E-state index in [9.17, 15) is 5.11 Å². The van der Waals surface area contributed by atoms with Gasteiger partial charge in [0, 0.05) is 0 Å². The van der Waals surface area contributed by atoms with Crippen molar-refractivity contribution in [3.8, 4) is 11.6 Å². The van der Waals surface area contributed by atoms with E-state index < -0.39 is 0 Å². The van der Waals surface area contributed by atoms with Gasteiger partial charge in [-0.15, -0.1) is 0 Å². The molecule has 4 nitrogen and oxygen atoms in total. The summed E-state index contributed by atoms with van der Waals surface area (Å²) in [6.45, 7) is 4.51. The van der Waals surface area contributed by atoms with Gasteiger partial charge in [-0.2, -0.15) is 4.98 Å². The molecule has 0 unspecified atom stereocenters. The summed E-state index contributed by atoms with van der Waals surface area (Å²) in [6.07, 6.45) is 4.42. The number of allylic oxidation sites excluding steroid dienone is 2. The Labute approximate surface area is 129 Å². The van der Waals surface area contributed by atoms with E-state index >= 15 is 0 Å². The molecule has 0 atom stereocenters. The molecule has 0 radical (unpaired) electrons.